The predicted molar refractivity (Wildman–Crippen MR) is 75.3 cm³/mol. The number of hydrogen-bond acceptors (Lipinski definition) is 5. The molecule has 19 heavy (non-hydrogen) atoms. The monoisotopic (exact) mass is 254 g/mol. The van der Waals surface area contributed by atoms with E-state index in [0.29, 0.717) is 11.6 Å². The quantitative estimate of drug-likeness (QED) is 0.492. The van der Waals surface area contributed by atoms with Crippen molar-refractivity contribution in [1.82, 2.24) is 14.4 Å². The molecule has 0 aliphatic carbocycles. The lowest BCUT2D eigenvalue weighted by atomic mass is 10.2. The van der Waals surface area contributed by atoms with Crippen LogP contribution in [0.1, 0.15) is 5.56 Å². The summed E-state index contributed by atoms with van der Waals surface area (Å²) in [5.41, 5.74) is 5.44. The van der Waals surface area contributed by atoms with Crippen molar-refractivity contribution in [2.24, 2.45) is 5.84 Å². The summed E-state index contributed by atoms with van der Waals surface area (Å²) in [6.07, 6.45) is 5.35. The normalized spacial score (nSPS) is 10.6. The van der Waals surface area contributed by atoms with Gasteiger partial charge in [-0.25, -0.2) is 15.8 Å². The van der Waals surface area contributed by atoms with Crippen LogP contribution in [0.2, 0.25) is 0 Å². The third-order valence-corrected chi connectivity index (χ3v) is 2.80. The van der Waals surface area contributed by atoms with Crippen molar-refractivity contribution in [2.45, 2.75) is 6.92 Å². The lowest BCUT2D eigenvalue weighted by molar-refractivity contribution is 1.11. The smallest absolute Gasteiger partial charge is 0.180 e. The Hall–Kier alpha value is -2.60. The van der Waals surface area contributed by atoms with Crippen LogP contribution < -0.4 is 16.6 Å². The summed E-state index contributed by atoms with van der Waals surface area (Å²) in [5.74, 6) is 6.65. The first kappa shape index (κ1) is 11.5. The standard InChI is InChI=1S/C13H14N6/c1-9-3-2-4-10(7-9)16-12-13-15-5-6-19(13)8-11(17-12)18-14/h2-8,18H,14H2,1H3,(H,16,17). The fourth-order valence-electron chi connectivity index (χ4n) is 1.94. The van der Waals surface area contributed by atoms with E-state index in [1.807, 2.05) is 41.8 Å². The molecule has 0 spiro atoms. The summed E-state index contributed by atoms with van der Waals surface area (Å²) in [7, 11) is 0. The van der Waals surface area contributed by atoms with Gasteiger partial charge >= 0.3 is 0 Å². The molecule has 0 bridgehead atoms. The Balaban J connectivity index is 2.06. The zero-order valence-corrected chi connectivity index (χ0v) is 10.5. The molecule has 0 saturated heterocycles. The Labute approximate surface area is 110 Å². The van der Waals surface area contributed by atoms with Gasteiger partial charge in [-0.2, -0.15) is 0 Å². The van der Waals surface area contributed by atoms with Gasteiger partial charge in [0.15, 0.2) is 17.3 Å². The number of benzene rings is 1. The Morgan fingerprint density at radius 2 is 2.21 bits per heavy atom. The number of rotatable bonds is 3. The highest BCUT2D eigenvalue weighted by Gasteiger charge is 2.07. The minimum atomic E-state index is 0.570. The van der Waals surface area contributed by atoms with E-state index >= 15 is 0 Å². The number of nitrogen functional groups attached to an aromatic ring is 1. The van der Waals surface area contributed by atoms with Gasteiger partial charge in [0.1, 0.15) is 0 Å². The second kappa shape index (κ2) is 4.58. The number of nitrogens with one attached hydrogen (secondary N) is 2. The van der Waals surface area contributed by atoms with Crippen LogP contribution in [0.3, 0.4) is 0 Å². The van der Waals surface area contributed by atoms with Gasteiger partial charge < -0.3 is 15.1 Å². The fourth-order valence-corrected chi connectivity index (χ4v) is 1.94. The van der Waals surface area contributed by atoms with E-state index in [-0.39, 0.29) is 0 Å². The molecule has 0 unspecified atom stereocenters. The van der Waals surface area contributed by atoms with Gasteiger partial charge in [0, 0.05) is 18.1 Å². The number of hydrazine groups is 1. The second-order valence-electron chi connectivity index (χ2n) is 4.27. The number of nitrogens with zero attached hydrogens (tertiary/aromatic N) is 3. The van der Waals surface area contributed by atoms with Crippen LogP contribution in [-0.2, 0) is 0 Å². The van der Waals surface area contributed by atoms with E-state index in [2.05, 4.69) is 20.7 Å². The Morgan fingerprint density at radius 1 is 1.32 bits per heavy atom. The largest absolute Gasteiger partial charge is 0.337 e. The number of aromatic nitrogens is 3. The lowest BCUT2D eigenvalue weighted by Crippen LogP contribution is -2.11. The topological polar surface area (TPSA) is 80.3 Å². The molecule has 0 aliphatic rings. The molecule has 0 saturated carbocycles. The van der Waals surface area contributed by atoms with E-state index in [9.17, 15) is 0 Å². The van der Waals surface area contributed by atoms with Crippen LogP contribution in [0, 0.1) is 6.92 Å². The summed E-state index contributed by atoms with van der Waals surface area (Å²) in [6, 6.07) is 8.06. The predicted octanol–water partition coefficient (Wildman–Crippen LogP) is 2.07. The molecule has 2 aromatic heterocycles. The van der Waals surface area contributed by atoms with Crippen molar-refractivity contribution in [2.75, 3.05) is 10.7 Å². The maximum atomic E-state index is 5.42. The van der Waals surface area contributed by atoms with Crippen molar-refractivity contribution in [1.29, 1.82) is 0 Å². The lowest BCUT2D eigenvalue weighted by Gasteiger charge is -2.09. The SMILES string of the molecule is Cc1cccc(Nc2nc(NN)cn3ccnc23)c1. The minimum Gasteiger partial charge on any atom is -0.337 e. The summed E-state index contributed by atoms with van der Waals surface area (Å²) < 4.78 is 1.86. The van der Waals surface area contributed by atoms with Crippen LogP contribution in [0.25, 0.3) is 5.65 Å². The molecule has 2 heterocycles. The van der Waals surface area contributed by atoms with Crippen molar-refractivity contribution in [3.05, 3.63) is 48.4 Å². The third kappa shape index (κ3) is 2.21. The van der Waals surface area contributed by atoms with Crippen molar-refractivity contribution in [3.8, 4) is 0 Å². The molecular weight excluding hydrogens is 240 g/mol. The molecule has 0 radical (unpaired) electrons. The van der Waals surface area contributed by atoms with Crippen LogP contribution >= 0.6 is 0 Å². The molecule has 0 aliphatic heterocycles. The van der Waals surface area contributed by atoms with Gasteiger partial charge in [-0.05, 0) is 24.6 Å². The molecule has 0 atom stereocenters. The number of imidazole rings is 1. The molecule has 0 amide bonds. The molecule has 3 rings (SSSR count). The number of fused-ring (bicyclic) bond motifs is 1. The molecule has 4 N–H and O–H groups in total. The van der Waals surface area contributed by atoms with Crippen LogP contribution in [0.5, 0.6) is 0 Å². The summed E-state index contributed by atoms with van der Waals surface area (Å²) in [4.78, 5) is 8.67. The second-order valence-corrected chi connectivity index (χ2v) is 4.27. The van der Waals surface area contributed by atoms with Crippen LogP contribution in [0.15, 0.2) is 42.9 Å². The van der Waals surface area contributed by atoms with Crippen LogP contribution in [0.4, 0.5) is 17.3 Å². The fraction of sp³-hybridized carbons (Fsp3) is 0.0769. The van der Waals surface area contributed by atoms with Gasteiger partial charge in [0.05, 0.1) is 6.20 Å². The highest BCUT2D eigenvalue weighted by atomic mass is 15.3. The number of aryl methyl sites for hydroxylation is 1. The first-order valence-electron chi connectivity index (χ1n) is 5.90. The first-order chi connectivity index (χ1) is 9.26. The molecule has 3 aromatic rings. The zero-order chi connectivity index (χ0) is 13.2. The summed E-state index contributed by atoms with van der Waals surface area (Å²) >= 11 is 0. The summed E-state index contributed by atoms with van der Waals surface area (Å²) in [6.45, 7) is 2.04. The van der Waals surface area contributed by atoms with Crippen LogP contribution in [-0.4, -0.2) is 14.4 Å². The number of hydrogen-bond donors (Lipinski definition) is 3. The van der Waals surface area contributed by atoms with Gasteiger partial charge in [-0.15, -0.1) is 0 Å². The highest BCUT2D eigenvalue weighted by Crippen LogP contribution is 2.21. The van der Waals surface area contributed by atoms with Crippen molar-refractivity contribution in [3.63, 3.8) is 0 Å². The van der Waals surface area contributed by atoms with Gasteiger partial charge in [0.2, 0.25) is 0 Å². The van der Waals surface area contributed by atoms with Gasteiger partial charge in [-0.1, -0.05) is 12.1 Å². The average Bonchev–Trinajstić information content (AvgIpc) is 2.87. The molecule has 6 nitrogen and oxygen atoms in total. The van der Waals surface area contributed by atoms with Gasteiger partial charge in [-0.3, -0.25) is 0 Å². The molecular formula is C13H14N6. The zero-order valence-electron chi connectivity index (χ0n) is 10.5. The first-order valence-corrected chi connectivity index (χ1v) is 5.90. The summed E-state index contributed by atoms with van der Waals surface area (Å²) in [5, 5.41) is 3.26. The van der Waals surface area contributed by atoms with Crippen molar-refractivity contribution < 1.29 is 0 Å². The Bertz CT molecular complexity index is 718. The maximum Gasteiger partial charge on any atom is 0.180 e. The number of nitrogens with two attached hydrogens (primary N) is 1. The maximum absolute atomic E-state index is 5.42. The Kier molecular flexibility index (Phi) is 2.77. The molecule has 0 fully saturated rings. The van der Waals surface area contributed by atoms with E-state index in [4.69, 9.17) is 5.84 Å². The van der Waals surface area contributed by atoms with E-state index in [1.54, 1.807) is 12.4 Å². The Morgan fingerprint density at radius 3 is 3.00 bits per heavy atom. The highest BCUT2D eigenvalue weighted by molar-refractivity contribution is 5.71. The molecule has 96 valence electrons. The van der Waals surface area contributed by atoms with Gasteiger partial charge in [0.25, 0.3) is 0 Å². The van der Waals surface area contributed by atoms with Crippen molar-refractivity contribution >= 4 is 23.0 Å². The average molecular weight is 254 g/mol. The minimum absolute atomic E-state index is 0.570. The number of anilines is 3. The molecule has 1 aromatic carbocycles. The van der Waals surface area contributed by atoms with E-state index in [0.717, 1.165) is 11.3 Å². The van der Waals surface area contributed by atoms with E-state index < -0.39 is 0 Å². The van der Waals surface area contributed by atoms with E-state index in [1.165, 1.54) is 5.56 Å². The molecule has 6 heteroatoms. The third-order valence-electron chi connectivity index (χ3n) is 2.80.